The number of phenolic OH excluding ortho intramolecular Hbond substituents is 1. The zero-order valence-electron chi connectivity index (χ0n) is 10.8. The first-order valence-electron chi connectivity index (χ1n) is 5.98. The van der Waals surface area contributed by atoms with Crippen LogP contribution < -0.4 is 0 Å². The Labute approximate surface area is 98.9 Å². The molecule has 2 heteroatoms. The molecule has 0 saturated carbocycles. The highest BCUT2D eigenvalue weighted by atomic mass is 16.3. The van der Waals surface area contributed by atoms with Crippen molar-refractivity contribution in [2.45, 2.75) is 26.2 Å². The maximum atomic E-state index is 9.51. The maximum absolute atomic E-state index is 9.51. The lowest BCUT2D eigenvalue weighted by Crippen LogP contribution is -2.24. The first-order chi connectivity index (χ1) is 7.54. The summed E-state index contributed by atoms with van der Waals surface area (Å²) in [5, 5.41) is 9.51. The number of benzene rings is 1. The van der Waals surface area contributed by atoms with E-state index in [-0.39, 0.29) is 0 Å². The van der Waals surface area contributed by atoms with E-state index < -0.39 is 0 Å². The number of rotatable bonds is 5. The third-order valence-corrected chi connectivity index (χ3v) is 3.08. The molecule has 0 aromatic heterocycles. The quantitative estimate of drug-likeness (QED) is 0.826. The Balaban J connectivity index is 2.81. The fraction of sp³-hybridized carbons (Fsp3) is 0.571. The highest BCUT2D eigenvalue weighted by Gasteiger charge is 2.18. The van der Waals surface area contributed by atoms with Gasteiger partial charge in [-0.15, -0.1) is 0 Å². The van der Waals surface area contributed by atoms with Gasteiger partial charge in [0.05, 0.1) is 0 Å². The van der Waals surface area contributed by atoms with Crippen molar-refractivity contribution in [2.75, 3.05) is 20.6 Å². The summed E-state index contributed by atoms with van der Waals surface area (Å²) in [6, 6.07) is 7.66. The lowest BCUT2D eigenvalue weighted by molar-refractivity contribution is 0.301. The molecule has 1 aromatic carbocycles. The van der Waals surface area contributed by atoms with Crippen LogP contribution in [-0.4, -0.2) is 30.6 Å². The molecule has 90 valence electrons. The summed E-state index contributed by atoms with van der Waals surface area (Å²) in [5.41, 5.74) is 1.25. The topological polar surface area (TPSA) is 23.5 Å². The van der Waals surface area contributed by atoms with Crippen molar-refractivity contribution < 1.29 is 5.11 Å². The van der Waals surface area contributed by atoms with E-state index >= 15 is 0 Å². The number of hydrogen-bond acceptors (Lipinski definition) is 2. The summed E-state index contributed by atoms with van der Waals surface area (Å²) in [4.78, 5) is 2.22. The zero-order valence-corrected chi connectivity index (χ0v) is 10.8. The summed E-state index contributed by atoms with van der Waals surface area (Å²) in [5.74, 6) is 1.49. The Hall–Kier alpha value is -1.02. The smallest absolute Gasteiger partial charge is 0.115 e. The Bertz CT molecular complexity index is 322. The van der Waals surface area contributed by atoms with Crippen molar-refractivity contribution in [1.82, 2.24) is 4.90 Å². The molecule has 0 unspecified atom stereocenters. The van der Waals surface area contributed by atoms with Gasteiger partial charge in [0.25, 0.3) is 0 Å². The van der Waals surface area contributed by atoms with Gasteiger partial charge in [0.15, 0.2) is 0 Å². The second kappa shape index (κ2) is 5.90. The largest absolute Gasteiger partial charge is 0.508 e. The highest BCUT2D eigenvalue weighted by Crippen LogP contribution is 2.30. The van der Waals surface area contributed by atoms with Gasteiger partial charge in [-0.2, -0.15) is 0 Å². The third-order valence-electron chi connectivity index (χ3n) is 3.08. The average molecular weight is 221 g/mol. The van der Waals surface area contributed by atoms with Gasteiger partial charge in [0.1, 0.15) is 5.75 Å². The van der Waals surface area contributed by atoms with E-state index in [0.717, 1.165) is 13.0 Å². The Morgan fingerprint density at radius 3 is 2.50 bits per heavy atom. The normalized spacial score (nSPS) is 15.1. The molecule has 0 aliphatic heterocycles. The van der Waals surface area contributed by atoms with E-state index in [2.05, 4.69) is 38.9 Å². The first kappa shape index (κ1) is 13.0. The van der Waals surface area contributed by atoms with Gasteiger partial charge >= 0.3 is 0 Å². The van der Waals surface area contributed by atoms with Crippen LogP contribution in [-0.2, 0) is 0 Å². The highest BCUT2D eigenvalue weighted by molar-refractivity contribution is 5.30. The van der Waals surface area contributed by atoms with E-state index in [4.69, 9.17) is 0 Å². The van der Waals surface area contributed by atoms with E-state index in [1.807, 2.05) is 12.1 Å². The minimum absolute atomic E-state index is 0.369. The third kappa shape index (κ3) is 3.53. The number of aromatic hydroxyl groups is 1. The van der Waals surface area contributed by atoms with Crippen LogP contribution in [0.1, 0.15) is 31.7 Å². The molecule has 1 rings (SSSR count). The predicted molar refractivity (Wildman–Crippen MR) is 68.9 cm³/mol. The van der Waals surface area contributed by atoms with Crippen molar-refractivity contribution in [3.05, 3.63) is 29.8 Å². The molecule has 0 amide bonds. The van der Waals surface area contributed by atoms with Crippen LogP contribution in [0.4, 0.5) is 0 Å². The van der Waals surface area contributed by atoms with Gasteiger partial charge in [-0.05, 0) is 50.0 Å². The van der Waals surface area contributed by atoms with Crippen LogP contribution in [0.15, 0.2) is 24.3 Å². The monoisotopic (exact) mass is 221 g/mol. The van der Waals surface area contributed by atoms with Gasteiger partial charge in [-0.25, -0.2) is 0 Å². The number of hydrogen-bond donors (Lipinski definition) is 1. The molecule has 0 fully saturated rings. The SMILES string of the molecule is CC[C@@H](c1cccc(O)c1)[C@H](C)CN(C)C. The molecule has 0 aliphatic carbocycles. The van der Waals surface area contributed by atoms with Gasteiger partial charge in [-0.3, -0.25) is 0 Å². The molecule has 2 atom stereocenters. The Morgan fingerprint density at radius 1 is 1.31 bits per heavy atom. The van der Waals surface area contributed by atoms with Crippen LogP contribution >= 0.6 is 0 Å². The van der Waals surface area contributed by atoms with E-state index in [1.54, 1.807) is 6.07 Å². The lowest BCUT2D eigenvalue weighted by atomic mass is 9.85. The van der Waals surface area contributed by atoms with E-state index in [1.165, 1.54) is 5.56 Å². The van der Waals surface area contributed by atoms with Gasteiger partial charge in [0, 0.05) is 6.54 Å². The van der Waals surface area contributed by atoms with E-state index in [9.17, 15) is 5.11 Å². The molecular formula is C14H23NO. The molecule has 0 heterocycles. The molecule has 0 aliphatic rings. The van der Waals surface area contributed by atoms with Gasteiger partial charge < -0.3 is 10.0 Å². The molecule has 1 N–H and O–H groups in total. The number of nitrogens with zero attached hydrogens (tertiary/aromatic N) is 1. The zero-order chi connectivity index (χ0) is 12.1. The maximum Gasteiger partial charge on any atom is 0.115 e. The Morgan fingerprint density at radius 2 is 2.00 bits per heavy atom. The predicted octanol–water partition coefficient (Wildman–Crippen LogP) is 3.08. The number of phenols is 1. The van der Waals surface area contributed by atoms with Crippen LogP contribution in [0.3, 0.4) is 0 Å². The summed E-state index contributed by atoms with van der Waals surface area (Å²) >= 11 is 0. The second-order valence-corrected chi connectivity index (χ2v) is 4.85. The molecule has 16 heavy (non-hydrogen) atoms. The average Bonchev–Trinajstić information content (AvgIpc) is 2.17. The summed E-state index contributed by atoms with van der Waals surface area (Å²) in [6.07, 6.45) is 1.11. The van der Waals surface area contributed by atoms with Gasteiger partial charge in [0.2, 0.25) is 0 Å². The molecule has 0 bridgehead atoms. The summed E-state index contributed by atoms with van der Waals surface area (Å²) < 4.78 is 0. The van der Waals surface area contributed by atoms with Gasteiger partial charge in [-0.1, -0.05) is 26.0 Å². The Kier molecular flexibility index (Phi) is 4.81. The fourth-order valence-electron chi connectivity index (χ4n) is 2.43. The summed E-state index contributed by atoms with van der Waals surface area (Å²) in [7, 11) is 4.21. The molecule has 0 radical (unpaired) electrons. The second-order valence-electron chi connectivity index (χ2n) is 4.85. The van der Waals surface area contributed by atoms with Crippen LogP contribution in [0.25, 0.3) is 0 Å². The van der Waals surface area contributed by atoms with Crippen molar-refractivity contribution >= 4 is 0 Å². The van der Waals surface area contributed by atoms with Crippen LogP contribution in [0.2, 0.25) is 0 Å². The molecule has 0 saturated heterocycles. The molecular weight excluding hydrogens is 198 g/mol. The summed E-state index contributed by atoms with van der Waals surface area (Å²) in [6.45, 7) is 5.56. The van der Waals surface area contributed by atoms with Crippen molar-refractivity contribution in [1.29, 1.82) is 0 Å². The van der Waals surface area contributed by atoms with E-state index in [0.29, 0.717) is 17.6 Å². The van der Waals surface area contributed by atoms with Crippen molar-refractivity contribution in [3.63, 3.8) is 0 Å². The minimum Gasteiger partial charge on any atom is -0.508 e. The molecule has 0 spiro atoms. The fourth-order valence-corrected chi connectivity index (χ4v) is 2.43. The lowest BCUT2D eigenvalue weighted by Gasteiger charge is -2.26. The standard InChI is InChI=1S/C14H23NO/c1-5-14(11(2)10-15(3)4)12-7-6-8-13(16)9-12/h6-9,11,14,16H,5,10H2,1-4H3/t11-,14-/m1/s1. The van der Waals surface area contributed by atoms with Crippen molar-refractivity contribution in [2.24, 2.45) is 5.92 Å². The molecule has 1 aromatic rings. The minimum atomic E-state index is 0.369. The van der Waals surface area contributed by atoms with Crippen molar-refractivity contribution in [3.8, 4) is 5.75 Å². The van der Waals surface area contributed by atoms with Crippen LogP contribution in [0.5, 0.6) is 5.75 Å². The molecule has 2 nitrogen and oxygen atoms in total. The van der Waals surface area contributed by atoms with Crippen LogP contribution in [0, 0.1) is 5.92 Å². The first-order valence-corrected chi connectivity index (χ1v) is 5.98.